The van der Waals surface area contributed by atoms with Crippen LogP contribution in [-0.2, 0) is 6.54 Å². The third-order valence-electron chi connectivity index (χ3n) is 6.94. The van der Waals surface area contributed by atoms with E-state index in [1.165, 1.54) is 6.07 Å². The van der Waals surface area contributed by atoms with Crippen LogP contribution >= 0.6 is 11.6 Å². The van der Waals surface area contributed by atoms with E-state index in [9.17, 15) is 9.18 Å². The molecular weight excluding hydrogens is 501 g/mol. The van der Waals surface area contributed by atoms with Crippen LogP contribution in [0.15, 0.2) is 91.1 Å². The molecule has 8 heteroatoms. The first-order valence-corrected chi connectivity index (χ1v) is 12.7. The van der Waals surface area contributed by atoms with Gasteiger partial charge >= 0.3 is 6.03 Å². The molecule has 1 aliphatic heterocycles. The lowest BCUT2D eigenvalue weighted by Crippen LogP contribution is -2.38. The van der Waals surface area contributed by atoms with Crippen molar-refractivity contribution in [3.05, 3.63) is 130 Å². The fourth-order valence-corrected chi connectivity index (χ4v) is 5.24. The zero-order valence-corrected chi connectivity index (χ0v) is 21.7. The topological polar surface area (TPSA) is 55.1 Å². The van der Waals surface area contributed by atoms with E-state index >= 15 is 0 Å². The van der Waals surface area contributed by atoms with Crippen molar-refractivity contribution in [2.45, 2.75) is 26.4 Å². The SMILES string of the molecule is Cc1ccc(NC(=O)N2Cc3c(C)nn(-c4ccccc4)c3-n3cccc3[C@@H]2c2cccc(Cl)c2)cc1F. The fraction of sp³-hybridized carbons (Fsp3) is 0.133. The highest BCUT2D eigenvalue weighted by molar-refractivity contribution is 6.30. The van der Waals surface area contributed by atoms with E-state index in [1.807, 2.05) is 84.5 Å². The number of hydrogen-bond donors (Lipinski definition) is 1. The first-order valence-electron chi connectivity index (χ1n) is 12.3. The molecule has 0 radical (unpaired) electrons. The molecule has 2 amide bonds. The second kappa shape index (κ2) is 9.50. The van der Waals surface area contributed by atoms with Gasteiger partial charge in [0.1, 0.15) is 11.6 Å². The summed E-state index contributed by atoms with van der Waals surface area (Å²) in [7, 11) is 0. The molecule has 2 aromatic heterocycles. The number of amides is 2. The van der Waals surface area contributed by atoms with Gasteiger partial charge in [0.25, 0.3) is 0 Å². The average molecular weight is 526 g/mol. The van der Waals surface area contributed by atoms with Crippen LogP contribution in [0.4, 0.5) is 14.9 Å². The number of nitrogens with one attached hydrogen (secondary N) is 1. The lowest BCUT2D eigenvalue weighted by Gasteiger charge is -2.31. The number of carbonyl (C=O) groups is 1. The van der Waals surface area contributed by atoms with Crippen LogP contribution in [0.3, 0.4) is 0 Å². The molecule has 0 saturated heterocycles. The summed E-state index contributed by atoms with van der Waals surface area (Å²) in [6.45, 7) is 3.92. The number of benzene rings is 3. The van der Waals surface area contributed by atoms with Gasteiger partial charge in [-0.2, -0.15) is 5.10 Å². The van der Waals surface area contributed by atoms with Crippen LogP contribution < -0.4 is 5.32 Å². The molecule has 0 bridgehead atoms. The average Bonchev–Trinajstić information content (AvgIpc) is 3.47. The number of nitrogens with zero attached hydrogens (tertiary/aromatic N) is 4. The molecular formula is C30H25ClFN5O. The summed E-state index contributed by atoms with van der Waals surface area (Å²) in [6.07, 6.45) is 1.99. The Kier molecular flexibility index (Phi) is 6.00. The number of halogens is 2. The largest absolute Gasteiger partial charge is 0.322 e. The molecule has 6 rings (SSSR count). The molecule has 5 aromatic rings. The molecule has 0 spiro atoms. The highest BCUT2D eigenvalue weighted by atomic mass is 35.5. The molecule has 38 heavy (non-hydrogen) atoms. The third-order valence-corrected chi connectivity index (χ3v) is 7.17. The molecule has 1 atom stereocenters. The van der Waals surface area contributed by atoms with Crippen LogP contribution in [0.5, 0.6) is 0 Å². The predicted molar refractivity (Wildman–Crippen MR) is 147 cm³/mol. The van der Waals surface area contributed by atoms with Gasteiger partial charge in [-0.05, 0) is 73.5 Å². The maximum absolute atomic E-state index is 14.3. The standard InChI is InChI=1S/C30H25ClFN5O/c1-19-13-14-23(17-26(19)32)33-30(38)36-18-25-20(2)34-37(24-10-4-3-5-11-24)29(25)35-15-7-12-27(35)28(36)21-8-6-9-22(31)16-21/h3-17,28H,18H2,1-2H3,(H,33,38)/t28-/m0/s1. The van der Waals surface area contributed by atoms with Crippen LogP contribution in [0.1, 0.15) is 34.1 Å². The molecule has 3 heterocycles. The monoisotopic (exact) mass is 525 g/mol. The second-order valence-electron chi connectivity index (χ2n) is 9.42. The van der Waals surface area contributed by atoms with E-state index < -0.39 is 6.04 Å². The van der Waals surface area contributed by atoms with Gasteiger partial charge in [0.15, 0.2) is 0 Å². The van der Waals surface area contributed by atoms with Gasteiger partial charge in [-0.1, -0.05) is 48.0 Å². The highest BCUT2D eigenvalue weighted by Crippen LogP contribution is 2.39. The van der Waals surface area contributed by atoms with Gasteiger partial charge < -0.3 is 14.8 Å². The van der Waals surface area contributed by atoms with Crippen molar-refractivity contribution in [3.8, 4) is 11.5 Å². The number of urea groups is 1. The number of para-hydroxylation sites is 1. The minimum atomic E-state index is -0.463. The van der Waals surface area contributed by atoms with Crippen LogP contribution in [0, 0.1) is 19.7 Å². The molecule has 1 N–H and O–H groups in total. The van der Waals surface area contributed by atoms with Crippen molar-refractivity contribution in [1.29, 1.82) is 0 Å². The van der Waals surface area contributed by atoms with Crippen molar-refractivity contribution >= 4 is 23.3 Å². The molecule has 0 unspecified atom stereocenters. The molecule has 0 aliphatic carbocycles. The molecule has 0 fully saturated rings. The number of hydrogen-bond acceptors (Lipinski definition) is 2. The van der Waals surface area contributed by atoms with Crippen molar-refractivity contribution in [2.24, 2.45) is 0 Å². The first kappa shape index (κ1) is 24.0. The van der Waals surface area contributed by atoms with E-state index in [0.29, 0.717) is 16.3 Å². The Morgan fingerprint density at radius 2 is 1.82 bits per heavy atom. The van der Waals surface area contributed by atoms with Crippen molar-refractivity contribution < 1.29 is 9.18 Å². The Hall–Kier alpha value is -4.36. The minimum Gasteiger partial charge on any atom is -0.308 e. The summed E-state index contributed by atoms with van der Waals surface area (Å²) >= 11 is 6.41. The van der Waals surface area contributed by atoms with Crippen molar-refractivity contribution in [3.63, 3.8) is 0 Å². The number of rotatable bonds is 3. The fourth-order valence-electron chi connectivity index (χ4n) is 5.04. The molecule has 3 aromatic carbocycles. The number of aromatic nitrogens is 3. The molecule has 190 valence electrons. The minimum absolute atomic E-state index is 0.285. The van der Waals surface area contributed by atoms with E-state index in [0.717, 1.165) is 34.0 Å². The third kappa shape index (κ3) is 4.15. The van der Waals surface area contributed by atoms with E-state index in [2.05, 4.69) is 9.88 Å². The zero-order chi connectivity index (χ0) is 26.4. The Balaban J connectivity index is 1.53. The number of anilines is 1. The predicted octanol–water partition coefficient (Wildman–Crippen LogP) is 7.21. The van der Waals surface area contributed by atoms with E-state index in [4.69, 9.17) is 16.7 Å². The number of aryl methyl sites for hydroxylation is 2. The van der Waals surface area contributed by atoms with E-state index in [1.54, 1.807) is 24.0 Å². The highest BCUT2D eigenvalue weighted by Gasteiger charge is 2.36. The lowest BCUT2D eigenvalue weighted by molar-refractivity contribution is 0.194. The van der Waals surface area contributed by atoms with Crippen LogP contribution in [-0.4, -0.2) is 25.3 Å². The first-order chi connectivity index (χ1) is 18.4. The summed E-state index contributed by atoms with van der Waals surface area (Å²) in [5.41, 5.74) is 5.30. The Labute approximate surface area is 224 Å². The Morgan fingerprint density at radius 1 is 1.00 bits per heavy atom. The quantitative estimate of drug-likeness (QED) is 0.270. The summed E-state index contributed by atoms with van der Waals surface area (Å²) in [6, 6.07) is 25.3. The van der Waals surface area contributed by atoms with Gasteiger partial charge in [0, 0.05) is 22.5 Å². The Morgan fingerprint density at radius 3 is 2.58 bits per heavy atom. The molecule has 6 nitrogen and oxygen atoms in total. The normalized spacial score (nSPS) is 14.5. The Bertz CT molecular complexity index is 1660. The van der Waals surface area contributed by atoms with Gasteiger partial charge in [-0.15, -0.1) is 0 Å². The van der Waals surface area contributed by atoms with Gasteiger partial charge in [-0.3, -0.25) is 0 Å². The molecule has 1 aliphatic rings. The summed E-state index contributed by atoms with van der Waals surface area (Å²) < 4.78 is 18.3. The van der Waals surface area contributed by atoms with Gasteiger partial charge in [-0.25, -0.2) is 13.9 Å². The van der Waals surface area contributed by atoms with E-state index in [-0.39, 0.29) is 18.4 Å². The lowest BCUT2D eigenvalue weighted by atomic mass is 10.0. The summed E-state index contributed by atoms with van der Waals surface area (Å²) in [4.78, 5) is 15.7. The van der Waals surface area contributed by atoms with Crippen molar-refractivity contribution in [2.75, 3.05) is 5.32 Å². The maximum Gasteiger partial charge on any atom is 0.322 e. The number of carbonyl (C=O) groups excluding carboxylic acids is 1. The smallest absolute Gasteiger partial charge is 0.308 e. The number of fused-ring (bicyclic) bond motifs is 3. The van der Waals surface area contributed by atoms with Crippen molar-refractivity contribution in [1.82, 2.24) is 19.2 Å². The van der Waals surface area contributed by atoms with Crippen LogP contribution in [0.2, 0.25) is 5.02 Å². The molecule has 0 saturated carbocycles. The maximum atomic E-state index is 14.3. The second-order valence-corrected chi connectivity index (χ2v) is 9.85. The van der Waals surface area contributed by atoms with Crippen LogP contribution in [0.25, 0.3) is 11.5 Å². The van der Waals surface area contributed by atoms with Gasteiger partial charge in [0.2, 0.25) is 0 Å². The summed E-state index contributed by atoms with van der Waals surface area (Å²) in [5.74, 6) is 0.499. The zero-order valence-electron chi connectivity index (χ0n) is 20.9. The van der Waals surface area contributed by atoms with Gasteiger partial charge in [0.05, 0.1) is 29.7 Å². The summed E-state index contributed by atoms with van der Waals surface area (Å²) in [5, 5.41) is 8.35.